The first-order chi connectivity index (χ1) is 36.2. The van der Waals surface area contributed by atoms with Crippen LogP contribution in [0.3, 0.4) is 0 Å². The molecule has 18 heteroatoms. The molecule has 76 heavy (non-hydrogen) atoms. The molecule has 0 unspecified atom stereocenters. The summed E-state index contributed by atoms with van der Waals surface area (Å²) in [5.74, 6) is -6.96. The van der Waals surface area contributed by atoms with Crippen LogP contribution in [0.5, 0.6) is 0 Å². The third-order valence-corrected chi connectivity index (χ3v) is 16.2. The van der Waals surface area contributed by atoms with E-state index in [-0.39, 0.29) is 55.8 Å². The van der Waals surface area contributed by atoms with Gasteiger partial charge in [-0.1, -0.05) is 99.5 Å². The standard InChI is InChI=1S/C58H87N5O13/c1-35-17-12-11-13-18-36(2)49(71-8)32-45-24-22-41(7)58(70,76-45)55(67)56(68)63-26-15-14-21-46(63)57(69)75-50(38(4)29-42-23-25-47(64)51(31-42)72-9)33-48(65)37(3)28-40(6)53(66)54(73-10)52(39(5)27-35)61-74-34-43-19-16-20-44(30-43)60-62-59/h11-13,16-20,28,30,35,37-39,41-42,45-51,53-54,64-66,70H,14-15,21-27,29,31-34H2,1-10H3/b13-11+,17-12+,36-18+,40-28+,61-52+/t35-,37-,38-,39-,41-,42+,45+,46+,47-,48-,49+,50+,51-,53-,54+,58-/m1/s1. The minimum atomic E-state index is -2.43. The van der Waals surface area contributed by atoms with Gasteiger partial charge in [-0.3, -0.25) is 9.59 Å². The fourth-order valence-corrected chi connectivity index (χ4v) is 11.4. The molecular formula is C58H87N5O13. The predicted octanol–water partition coefficient (Wildman–Crippen LogP) is 8.92. The Morgan fingerprint density at radius 2 is 1.64 bits per heavy atom. The average Bonchev–Trinajstić information content (AvgIpc) is 3.40. The van der Waals surface area contributed by atoms with Crippen LogP contribution in [0.4, 0.5) is 5.69 Å². The first kappa shape index (κ1) is 62.1. The Kier molecular flexibility index (Phi) is 24.4. The normalized spacial score (nSPS) is 37.5. The van der Waals surface area contributed by atoms with Gasteiger partial charge in [-0.05, 0) is 124 Å². The quantitative estimate of drug-likeness (QED) is 0.0325. The molecule has 1 aromatic carbocycles. The number of nitrogens with zero attached hydrogens (tertiary/aromatic N) is 5. The summed E-state index contributed by atoms with van der Waals surface area (Å²) in [5.41, 5.74) is 12.0. The van der Waals surface area contributed by atoms with Crippen LogP contribution in [0.1, 0.15) is 131 Å². The maximum absolute atomic E-state index is 14.6. The summed E-state index contributed by atoms with van der Waals surface area (Å²) in [4.78, 5) is 53.3. The van der Waals surface area contributed by atoms with Crippen molar-refractivity contribution in [2.75, 3.05) is 27.9 Å². The van der Waals surface area contributed by atoms with Gasteiger partial charge in [0.15, 0.2) is 0 Å². The number of methoxy groups -OCH3 is 3. The summed E-state index contributed by atoms with van der Waals surface area (Å²) in [6.07, 6.45) is 11.2. The highest BCUT2D eigenvalue weighted by Crippen LogP contribution is 2.38. The number of carbonyl (C=O) groups is 3. The fourth-order valence-electron chi connectivity index (χ4n) is 11.4. The lowest BCUT2D eigenvalue weighted by molar-refractivity contribution is -0.265. The van der Waals surface area contributed by atoms with Gasteiger partial charge in [0.25, 0.3) is 11.7 Å². The van der Waals surface area contributed by atoms with Crippen molar-refractivity contribution in [3.8, 4) is 0 Å². The molecule has 0 radical (unpaired) electrons. The number of piperidine rings is 1. The molecule has 4 N–H and O–H groups in total. The zero-order valence-corrected chi connectivity index (χ0v) is 46.5. The van der Waals surface area contributed by atoms with E-state index in [0.29, 0.717) is 74.8 Å². The minimum absolute atomic E-state index is 0.00693. The predicted molar refractivity (Wildman–Crippen MR) is 289 cm³/mol. The first-order valence-corrected chi connectivity index (χ1v) is 27.4. The van der Waals surface area contributed by atoms with E-state index in [9.17, 15) is 34.8 Å². The third kappa shape index (κ3) is 16.9. The van der Waals surface area contributed by atoms with E-state index in [0.717, 1.165) is 17.6 Å². The lowest BCUT2D eigenvalue weighted by Gasteiger charge is -2.43. The number of benzene rings is 1. The summed E-state index contributed by atoms with van der Waals surface area (Å²) in [7, 11) is 4.66. The molecule has 16 atom stereocenters. The zero-order valence-electron chi connectivity index (χ0n) is 46.5. The van der Waals surface area contributed by atoms with E-state index in [1.807, 2.05) is 58.1 Å². The Balaban J connectivity index is 1.52. The number of ether oxygens (including phenoxy) is 5. The molecule has 3 aliphatic heterocycles. The lowest BCUT2D eigenvalue weighted by Crippen LogP contribution is -2.61. The van der Waals surface area contributed by atoms with Crippen LogP contribution >= 0.6 is 0 Å². The highest BCUT2D eigenvalue weighted by atomic mass is 16.6. The Hall–Kier alpha value is -4.75. The lowest BCUT2D eigenvalue weighted by atomic mass is 9.78. The van der Waals surface area contributed by atoms with Crippen LogP contribution in [0, 0.1) is 35.5 Å². The molecule has 0 spiro atoms. The van der Waals surface area contributed by atoms with E-state index < -0.39 is 84.1 Å². The monoisotopic (exact) mass is 1060 g/mol. The number of aliphatic hydroxyl groups is 4. The Bertz CT molecular complexity index is 2280. The number of esters is 1. The van der Waals surface area contributed by atoms with Crippen LogP contribution in [0.15, 0.2) is 82.1 Å². The molecule has 2 saturated heterocycles. The number of rotatable bonds is 10. The average molecular weight is 1060 g/mol. The fraction of sp³-hybridized carbons (Fsp3) is 0.690. The Morgan fingerprint density at radius 3 is 2.36 bits per heavy atom. The number of azide groups is 1. The van der Waals surface area contributed by atoms with E-state index in [1.165, 1.54) is 12.0 Å². The molecule has 422 valence electrons. The van der Waals surface area contributed by atoms with Gasteiger partial charge in [-0.2, -0.15) is 0 Å². The van der Waals surface area contributed by atoms with Crippen molar-refractivity contribution in [3.05, 3.63) is 87.9 Å². The molecule has 1 aliphatic carbocycles. The number of allylic oxidation sites excluding steroid dienone is 5. The molecule has 18 nitrogen and oxygen atoms in total. The number of oxime groups is 1. The second kappa shape index (κ2) is 29.8. The van der Waals surface area contributed by atoms with Gasteiger partial charge in [-0.15, -0.1) is 0 Å². The molecule has 0 aromatic heterocycles. The van der Waals surface area contributed by atoms with Gasteiger partial charge in [0.1, 0.15) is 31.0 Å². The van der Waals surface area contributed by atoms with Crippen LogP contribution < -0.4 is 0 Å². The topological polar surface area (TPSA) is 252 Å². The highest BCUT2D eigenvalue weighted by molar-refractivity contribution is 6.39. The van der Waals surface area contributed by atoms with Crippen LogP contribution in [0.25, 0.3) is 10.4 Å². The van der Waals surface area contributed by atoms with Gasteiger partial charge in [-0.25, -0.2) is 4.79 Å². The molecule has 1 amide bonds. The van der Waals surface area contributed by atoms with E-state index in [4.69, 9.17) is 34.1 Å². The highest BCUT2D eigenvalue weighted by Gasteiger charge is 2.53. The van der Waals surface area contributed by atoms with Crippen molar-refractivity contribution in [3.63, 3.8) is 0 Å². The van der Waals surface area contributed by atoms with Gasteiger partial charge in [0, 0.05) is 69.1 Å². The van der Waals surface area contributed by atoms with Crippen molar-refractivity contribution in [2.24, 2.45) is 45.8 Å². The smallest absolute Gasteiger partial charge is 0.329 e. The second-order valence-corrected chi connectivity index (χ2v) is 22.0. The van der Waals surface area contributed by atoms with E-state index in [1.54, 1.807) is 52.3 Å². The molecule has 5 rings (SSSR count). The maximum Gasteiger partial charge on any atom is 0.329 e. The maximum atomic E-state index is 14.6. The summed E-state index contributed by atoms with van der Waals surface area (Å²) < 4.78 is 30.1. The van der Waals surface area contributed by atoms with Crippen molar-refractivity contribution >= 4 is 29.1 Å². The minimum Gasteiger partial charge on any atom is -0.460 e. The van der Waals surface area contributed by atoms with E-state index >= 15 is 0 Å². The van der Waals surface area contributed by atoms with Crippen LogP contribution in [-0.4, -0.2) is 137 Å². The summed E-state index contributed by atoms with van der Waals surface area (Å²) in [5, 5.41) is 55.1. The van der Waals surface area contributed by atoms with Crippen molar-refractivity contribution < 1.29 is 63.3 Å². The third-order valence-electron chi connectivity index (χ3n) is 16.2. The number of amides is 1. The Labute approximate surface area is 450 Å². The molecule has 3 heterocycles. The zero-order chi connectivity index (χ0) is 55.7. The second-order valence-electron chi connectivity index (χ2n) is 22.0. The molecule has 3 fully saturated rings. The first-order valence-electron chi connectivity index (χ1n) is 27.4. The number of cyclic esters (lactones) is 1. The number of aliphatic hydroxyl groups excluding tert-OH is 3. The van der Waals surface area contributed by atoms with Gasteiger partial charge in [0.2, 0.25) is 5.79 Å². The number of hydrogen-bond acceptors (Lipinski definition) is 15. The van der Waals surface area contributed by atoms with Crippen molar-refractivity contribution in [1.29, 1.82) is 0 Å². The molecular weight excluding hydrogens is 975 g/mol. The largest absolute Gasteiger partial charge is 0.460 e. The van der Waals surface area contributed by atoms with E-state index in [2.05, 4.69) is 28.2 Å². The van der Waals surface area contributed by atoms with Crippen molar-refractivity contribution in [2.45, 2.75) is 193 Å². The Morgan fingerprint density at radius 1 is 0.882 bits per heavy atom. The van der Waals surface area contributed by atoms with Crippen LogP contribution in [-0.2, 0) is 49.5 Å². The SMILES string of the molecule is CO[C@H]1C[C@@H]2CC[C@@H](C)[C@@](O)(O2)C(=O)C(=O)N2CCCC[C@H]2C(=O)O[C@H]([C@H](C)C[C@@H]2CC[C@@H](O)[C@H](OC)C2)C[C@@H](O)[C@H](C)/C=C(\C)[C@@H](O)[C@@H](OC)/C(=N/OCc2cccc(N=[N+]=[N-])c2)[C@H](C)C[C@H](C)/C=C/C=C/C=C/1C. The summed E-state index contributed by atoms with van der Waals surface area (Å²) >= 11 is 0. The van der Waals surface area contributed by atoms with Crippen LogP contribution in [0.2, 0.25) is 0 Å². The molecule has 1 aromatic rings. The summed E-state index contributed by atoms with van der Waals surface area (Å²) in [6.45, 7) is 13.4. The van der Waals surface area contributed by atoms with Gasteiger partial charge >= 0.3 is 5.97 Å². The summed E-state index contributed by atoms with van der Waals surface area (Å²) in [6, 6.07) is 5.84. The number of Topliss-reactive ketones (excluding diaryl/α,β-unsaturated/α-hetero) is 1. The number of carbonyl (C=O) groups excluding carboxylic acids is 3. The molecule has 4 aliphatic rings. The van der Waals surface area contributed by atoms with Gasteiger partial charge in [0.05, 0.1) is 36.2 Å². The number of hydrogen-bond donors (Lipinski definition) is 4. The number of fused-ring (bicyclic) bond motifs is 3. The van der Waals surface area contributed by atoms with Gasteiger partial charge < -0.3 is 53.8 Å². The number of ketones is 1. The van der Waals surface area contributed by atoms with Crippen molar-refractivity contribution in [1.82, 2.24) is 4.90 Å². The molecule has 1 saturated carbocycles. The molecule has 2 bridgehead atoms.